The summed E-state index contributed by atoms with van der Waals surface area (Å²) in [5.41, 5.74) is 2.72. The molecule has 3 rings (SSSR count). The summed E-state index contributed by atoms with van der Waals surface area (Å²) in [4.78, 5) is 19.3. The van der Waals surface area contributed by atoms with Crippen LogP contribution in [0.4, 0.5) is 0 Å². The molecule has 1 aromatic heterocycles. The summed E-state index contributed by atoms with van der Waals surface area (Å²) in [5.74, 6) is 0.131. The molecule has 1 unspecified atom stereocenters. The fraction of sp³-hybridized carbons (Fsp3) is 0.412. The number of thiazole rings is 1. The fourth-order valence-corrected chi connectivity index (χ4v) is 3.65. The zero-order valence-electron chi connectivity index (χ0n) is 13.8. The standard InChI is InChI=1S/C17H21N3OS.2ClH/c1-12-19-16(11-22-12)13-5-3-6-14(9-13)17(21)20-8-4-7-15(20)10-18-2;;/h3,5-6,9,11,15,18H,4,7-8,10H2,1-2H3;2*1H. The highest BCUT2D eigenvalue weighted by Gasteiger charge is 2.28. The molecular formula is C17H23Cl2N3OS. The van der Waals surface area contributed by atoms with Crippen molar-refractivity contribution >= 4 is 42.1 Å². The second-order valence-electron chi connectivity index (χ2n) is 5.68. The summed E-state index contributed by atoms with van der Waals surface area (Å²) in [5, 5.41) is 6.27. The van der Waals surface area contributed by atoms with Crippen molar-refractivity contribution in [1.29, 1.82) is 0 Å². The van der Waals surface area contributed by atoms with E-state index in [1.807, 2.05) is 48.5 Å². The van der Waals surface area contributed by atoms with E-state index in [0.717, 1.165) is 47.8 Å². The van der Waals surface area contributed by atoms with E-state index in [0.29, 0.717) is 6.04 Å². The molecule has 7 heteroatoms. The van der Waals surface area contributed by atoms with Crippen molar-refractivity contribution in [3.63, 3.8) is 0 Å². The zero-order valence-corrected chi connectivity index (χ0v) is 16.3. The summed E-state index contributed by atoms with van der Waals surface area (Å²) in [6.45, 7) is 3.71. The van der Waals surface area contributed by atoms with Gasteiger partial charge in [0, 0.05) is 35.6 Å². The number of nitrogens with one attached hydrogen (secondary N) is 1. The molecule has 1 saturated heterocycles. The number of aryl methyl sites for hydroxylation is 1. The smallest absolute Gasteiger partial charge is 0.254 e. The van der Waals surface area contributed by atoms with Gasteiger partial charge in [0.2, 0.25) is 0 Å². The van der Waals surface area contributed by atoms with Crippen LogP contribution in [0.15, 0.2) is 29.6 Å². The fourth-order valence-electron chi connectivity index (χ4n) is 3.02. The lowest BCUT2D eigenvalue weighted by molar-refractivity contribution is 0.0737. The van der Waals surface area contributed by atoms with E-state index in [2.05, 4.69) is 10.3 Å². The Balaban J connectivity index is 0.00000144. The van der Waals surface area contributed by atoms with Gasteiger partial charge in [0.25, 0.3) is 5.91 Å². The molecule has 1 amide bonds. The van der Waals surface area contributed by atoms with Gasteiger partial charge in [-0.15, -0.1) is 36.2 Å². The Morgan fingerprint density at radius 1 is 1.42 bits per heavy atom. The third-order valence-corrected chi connectivity index (χ3v) is 4.88. The Morgan fingerprint density at radius 2 is 2.21 bits per heavy atom. The van der Waals surface area contributed by atoms with E-state index in [1.165, 1.54) is 0 Å². The number of hydrogen-bond donors (Lipinski definition) is 1. The van der Waals surface area contributed by atoms with Crippen LogP contribution in [0.3, 0.4) is 0 Å². The molecule has 1 aromatic carbocycles. The van der Waals surface area contributed by atoms with Gasteiger partial charge in [-0.25, -0.2) is 4.98 Å². The quantitative estimate of drug-likeness (QED) is 0.867. The van der Waals surface area contributed by atoms with Crippen LogP contribution < -0.4 is 5.32 Å². The second-order valence-corrected chi connectivity index (χ2v) is 6.75. The Hall–Kier alpha value is -1.14. The molecule has 0 radical (unpaired) electrons. The normalized spacial score (nSPS) is 16.4. The van der Waals surface area contributed by atoms with Gasteiger partial charge in [-0.3, -0.25) is 4.79 Å². The van der Waals surface area contributed by atoms with Crippen molar-refractivity contribution in [3.8, 4) is 11.3 Å². The van der Waals surface area contributed by atoms with E-state index in [-0.39, 0.29) is 30.7 Å². The number of nitrogens with zero attached hydrogens (tertiary/aromatic N) is 2. The van der Waals surface area contributed by atoms with Crippen LogP contribution in [0.2, 0.25) is 0 Å². The first-order valence-electron chi connectivity index (χ1n) is 7.67. The summed E-state index contributed by atoms with van der Waals surface area (Å²) in [7, 11) is 1.94. The molecular weight excluding hydrogens is 365 g/mol. The van der Waals surface area contributed by atoms with Gasteiger partial charge < -0.3 is 10.2 Å². The van der Waals surface area contributed by atoms with Crippen LogP contribution in [0, 0.1) is 6.92 Å². The summed E-state index contributed by atoms with van der Waals surface area (Å²) >= 11 is 1.63. The van der Waals surface area contributed by atoms with Crippen molar-refractivity contribution in [1.82, 2.24) is 15.2 Å². The SMILES string of the molecule is CNCC1CCCN1C(=O)c1cccc(-c2csc(C)n2)c1.Cl.Cl. The average Bonchev–Trinajstić information content (AvgIpc) is 3.16. The minimum absolute atomic E-state index is 0. The highest BCUT2D eigenvalue weighted by atomic mass is 35.5. The third-order valence-electron chi connectivity index (χ3n) is 4.10. The number of hydrogen-bond acceptors (Lipinski definition) is 4. The predicted molar refractivity (Wildman–Crippen MR) is 105 cm³/mol. The van der Waals surface area contributed by atoms with Crippen molar-refractivity contribution in [3.05, 3.63) is 40.2 Å². The van der Waals surface area contributed by atoms with E-state index in [4.69, 9.17) is 0 Å². The van der Waals surface area contributed by atoms with Crippen molar-refractivity contribution in [2.24, 2.45) is 0 Å². The Kier molecular flexibility index (Phi) is 8.16. The number of carbonyl (C=O) groups excluding carboxylic acids is 1. The Bertz CT molecular complexity index is 677. The second kappa shape index (κ2) is 9.37. The number of aromatic nitrogens is 1. The summed E-state index contributed by atoms with van der Waals surface area (Å²) in [6, 6.07) is 8.13. The van der Waals surface area contributed by atoms with Crippen LogP contribution in [0.1, 0.15) is 28.2 Å². The van der Waals surface area contributed by atoms with Gasteiger partial charge in [0.15, 0.2) is 0 Å². The lowest BCUT2D eigenvalue weighted by Crippen LogP contribution is -2.40. The number of rotatable bonds is 4. The molecule has 24 heavy (non-hydrogen) atoms. The van der Waals surface area contributed by atoms with Crippen LogP contribution in [0.5, 0.6) is 0 Å². The lowest BCUT2D eigenvalue weighted by Gasteiger charge is -2.24. The molecule has 4 nitrogen and oxygen atoms in total. The molecule has 1 aliphatic heterocycles. The molecule has 2 aromatic rings. The molecule has 0 aliphatic carbocycles. The van der Waals surface area contributed by atoms with Gasteiger partial charge in [-0.2, -0.15) is 0 Å². The van der Waals surface area contributed by atoms with Crippen molar-refractivity contribution < 1.29 is 4.79 Å². The molecule has 1 fully saturated rings. The van der Waals surface area contributed by atoms with Gasteiger partial charge in [-0.1, -0.05) is 12.1 Å². The molecule has 2 heterocycles. The van der Waals surface area contributed by atoms with Crippen molar-refractivity contribution in [2.45, 2.75) is 25.8 Å². The number of likely N-dealkylation sites (tertiary alicyclic amines) is 1. The highest BCUT2D eigenvalue weighted by molar-refractivity contribution is 7.09. The molecule has 1 aliphatic rings. The van der Waals surface area contributed by atoms with Gasteiger partial charge in [0.1, 0.15) is 0 Å². The molecule has 132 valence electrons. The summed E-state index contributed by atoms with van der Waals surface area (Å²) < 4.78 is 0. The first-order chi connectivity index (χ1) is 10.7. The van der Waals surface area contributed by atoms with Crippen LogP contribution in [-0.2, 0) is 0 Å². The van der Waals surface area contributed by atoms with E-state index >= 15 is 0 Å². The topological polar surface area (TPSA) is 45.2 Å². The van der Waals surface area contributed by atoms with E-state index < -0.39 is 0 Å². The van der Waals surface area contributed by atoms with Crippen LogP contribution in [-0.4, -0.2) is 42.0 Å². The largest absolute Gasteiger partial charge is 0.334 e. The number of amides is 1. The predicted octanol–water partition coefficient (Wildman–Crippen LogP) is 3.79. The molecule has 1 atom stereocenters. The molecule has 1 N–H and O–H groups in total. The maximum Gasteiger partial charge on any atom is 0.254 e. The molecule has 0 saturated carbocycles. The minimum Gasteiger partial charge on any atom is -0.334 e. The molecule has 0 bridgehead atoms. The van der Waals surface area contributed by atoms with E-state index in [9.17, 15) is 4.79 Å². The number of benzene rings is 1. The maximum atomic E-state index is 12.8. The van der Waals surface area contributed by atoms with Gasteiger partial charge in [0.05, 0.1) is 10.7 Å². The summed E-state index contributed by atoms with van der Waals surface area (Å²) in [6.07, 6.45) is 2.17. The third kappa shape index (κ3) is 4.48. The van der Waals surface area contributed by atoms with Gasteiger partial charge in [-0.05, 0) is 38.9 Å². The Morgan fingerprint density at radius 3 is 2.88 bits per heavy atom. The number of likely N-dealkylation sites (N-methyl/N-ethyl adjacent to an activating group) is 1. The van der Waals surface area contributed by atoms with Gasteiger partial charge >= 0.3 is 0 Å². The highest BCUT2D eigenvalue weighted by Crippen LogP contribution is 2.25. The Labute approximate surface area is 159 Å². The van der Waals surface area contributed by atoms with Crippen LogP contribution >= 0.6 is 36.2 Å². The first-order valence-corrected chi connectivity index (χ1v) is 8.55. The molecule has 0 spiro atoms. The first kappa shape index (κ1) is 20.9. The lowest BCUT2D eigenvalue weighted by atomic mass is 10.1. The average molecular weight is 388 g/mol. The monoisotopic (exact) mass is 387 g/mol. The minimum atomic E-state index is 0. The number of carbonyl (C=O) groups is 1. The van der Waals surface area contributed by atoms with Crippen molar-refractivity contribution in [2.75, 3.05) is 20.1 Å². The number of halogens is 2. The van der Waals surface area contributed by atoms with E-state index in [1.54, 1.807) is 11.3 Å². The van der Waals surface area contributed by atoms with Crippen LogP contribution in [0.25, 0.3) is 11.3 Å². The maximum absolute atomic E-state index is 12.8. The zero-order chi connectivity index (χ0) is 15.5.